The van der Waals surface area contributed by atoms with Gasteiger partial charge in [0.15, 0.2) is 0 Å². The van der Waals surface area contributed by atoms with E-state index in [9.17, 15) is 5.11 Å². The van der Waals surface area contributed by atoms with Gasteiger partial charge in [0.2, 0.25) is 5.88 Å². The fourth-order valence-electron chi connectivity index (χ4n) is 2.23. The molecule has 3 heteroatoms. The number of rotatable bonds is 1. The van der Waals surface area contributed by atoms with Crippen molar-refractivity contribution in [2.45, 2.75) is 33.1 Å². The van der Waals surface area contributed by atoms with Crippen LogP contribution in [-0.2, 0) is 12.5 Å². The maximum Gasteiger partial charge on any atom is 0.213 e. The van der Waals surface area contributed by atoms with E-state index in [1.54, 1.807) is 11.7 Å². The van der Waals surface area contributed by atoms with Gasteiger partial charge in [-0.15, -0.1) is 0 Å². The van der Waals surface area contributed by atoms with Gasteiger partial charge >= 0.3 is 0 Å². The summed E-state index contributed by atoms with van der Waals surface area (Å²) >= 11 is 0. The van der Waals surface area contributed by atoms with Crippen LogP contribution in [-0.4, -0.2) is 14.9 Å². The first-order valence-electron chi connectivity index (χ1n) is 6.15. The fraction of sp³-hybridized carbons (Fsp3) is 0.400. The first-order valence-corrected chi connectivity index (χ1v) is 6.15. The van der Waals surface area contributed by atoms with Crippen LogP contribution in [0.15, 0.2) is 24.3 Å². The third kappa shape index (κ3) is 2.01. The van der Waals surface area contributed by atoms with E-state index in [0.29, 0.717) is 0 Å². The second kappa shape index (κ2) is 4.16. The normalized spacial score (nSPS) is 11.8. The van der Waals surface area contributed by atoms with Gasteiger partial charge in [0.05, 0.1) is 0 Å². The van der Waals surface area contributed by atoms with E-state index < -0.39 is 0 Å². The molecule has 0 atom stereocenters. The predicted molar refractivity (Wildman–Crippen MR) is 73.7 cm³/mol. The number of nitrogens with zero attached hydrogens (tertiary/aromatic N) is 2. The SMILES string of the molecule is Cc1ccccc1-c1nn(C)c(O)c1C(C)(C)C. The lowest BCUT2D eigenvalue weighted by molar-refractivity contribution is 0.401. The Kier molecular flexibility index (Phi) is 2.93. The zero-order chi connectivity index (χ0) is 13.5. The van der Waals surface area contributed by atoms with Gasteiger partial charge in [-0.25, -0.2) is 4.68 Å². The molecule has 1 aromatic heterocycles. The van der Waals surface area contributed by atoms with Crippen LogP contribution in [0, 0.1) is 6.92 Å². The van der Waals surface area contributed by atoms with Gasteiger partial charge in [-0.05, 0) is 17.9 Å². The monoisotopic (exact) mass is 244 g/mol. The maximum atomic E-state index is 10.2. The van der Waals surface area contributed by atoms with E-state index in [1.165, 1.54) is 5.56 Å². The molecule has 0 amide bonds. The lowest BCUT2D eigenvalue weighted by Crippen LogP contribution is -2.12. The van der Waals surface area contributed by atoms with Crippen molar-refractivity contribution in [1.29, 1.82) is 0 Å². The molecule has 1 aromatic carbocycles. The molecule has 0 saturated heterocycles. The van der Waals surface area contributed by atoms with Crippen molar-refractivity contribution in [1.82, 2.24) is 9.78 Å². The first kappa shape index (κ1) is 12.7. The number of aromatic hydroxyl groups is 1. The third-order valence-electron chi connectivity index (χ3n) is 3.17. The van der Waals surface area contributed by atoms with Crippen molar-refractivity contribution in [3.63, 3.8) is 0 Å². The minimum absolute atomic E-state index is 0.143. The molecule has 2 aromatic rings. The highest BCUT2D eigenvalue weighted by molar-refractivity contribution is 5.70. The molecule has 0 radical (unpaired) electrons. The number of benzene rings is 1. The topological polar surface area (TPSA) is 38.0 Å². The molecule has 0 aliphatic heterocycles. The van der Waals surface area contributed by atoms with E-state index in [2.05, 4.69) is 38.9 Å². The molecular weight excluding hydrogens is 224 g/mol. The first-order chi connectivity index (χ1) is 8.32. The van der Waals surface area contributed by atoms with Gasteiger partial charge < -0.3 is 5.11 Å². The Morgan fingerprint density at radius 3 is 2.33 bits per heavy atom. The average Bonchev–Trinajstić information content (AvgIpc) is 2.55. The molecule has 0 spiro atoms. The number of hydrogen-bond donors (Lipinski definition) is 1. The third-order valence-corrected chi connectivity index (χ3v) is 3.17. The van der Waals surface area contributed by atoms with E-state index in [-0.39, 0.29) is 11.3 Å². The Bertz CT molecular complexity index is 577. The minimum atomic E-state index is -0.143. The van der Waals surface area contributed by atoms with Crippen LogP contribution >= 0.6 is 0 Å². The van der Waals surface area contributed by atoms with Crippen LogP contribution in [0.1, 0.15) is 31.9 Å². The molecule has 96 valence electrons. The predicted octanol–water partition coefficient (Wildman–Crippen LogP) is 3.40. The van der Waals surface area contributed by atoms with Crippen LogP contribution in [0.5, 0.6) is 5.88 Å². The molecule has 3 nitrogen and oxygen atoms in total. The van der Waals surface area contributed by atoms with E-state index in [1.807, 2.05) is 18.2 Å². The standard InChI is InChI=1S/C15H20N2O/c1-10-8-6-7-9-11(10)13-12(15(2,3)4)14(18)17(5)16-13/h6-9,18H,1-5H3. The average molecular weight is 244 g/mol. The molecule has 0 aliphatic carbocycles. The highest BCUT2D eigenvalue weighted by Crippen LogP contribution is 2.39. The smallest absolute Gasteiger partial charge is 0.213 e. The lowest BCUT2D eigenvalue weighted by Gasteiger charge is -2.19. The van der Waals surface area contributed by atoms with Gasteiger partial charge in [0, 0.05) is 18.2 Å². The molecule has 1 heterocycles. The van der Waals surface area contributed by atoms with Gasteiger partial charge in [-0.3, -0.25) is 0 Å². The molecular formula is C15H20N2O. The number of aryl methyl sites for hydroxylation is 2. The molecule has 2 rings (SSSR count). The molecule has 0 bridgehead atoms. The molecule has 0 aliphatic rings. The van der Waals surface area contributed by atoms with E-state index >= 15 is 0 Å². The van der Waals surface area contributed by atoms with E-state index in [4.69, 9.17) is 0 Å². The van der Waals surface area contributed by atoms with Crippen molar-refractivity contribution in [3.05, 3.63) is 35.4 Å². The summed E-state index contributed by atoms with van der Waals surface area (Å²) < 4.78 is 1.54. The Labute approximate surface area is 108 Å². The quantitative estimate of drug-likeness (QED) is 0.835. The van der Waals surface area contributed by atoms with E-state index in [0.717, 1.165) is 16.8 Å². The minimum Gasteiger partial charge on any atom is -0.493 e. The van der Waals surface area contributed by atoms with Crippen LogP contribution in [0.25, 0.3) is 11.3 Å². The molecule has 1 N–H and O–H groups in total. The second-order valence-electron chi connectivity index (χ2n) is 5.74. The molecule has 0 saturated carbocycles. The fourth-order valence-corrected chi connectivity index (χ4v) is 2.23. The Morgan fingerprint density at radius 2 is 1.78 bits per heavy atom. The Hall–Kier alpha value is -1.77. The highest BCUT2D eigenvalue weighted by Gasteiger charge is 2.27. The van der Waals surface area contributed by atoms with Crippen LogP contribution < -0.4 is 0 Å². The van der Waals surface area contributed by atoms with Crippen molar-refractivity contribution >= 4 is 0 Å². The van der Waals surface area contributed by atoms with Gasteiger partial charge in [-0.2, -0.15) is 5.10 Å². The zero-order valence-corrected chi connectivity index (χ0v) is 11.7. The highest BCUT2D eigenvalue weighted by atomic mass is 16.3. The van der Waals surface area contributed by atoms with Crippen LogP contribution in [0.2, 0.25) is 0 Å². The zero-order valence-electron chi connectivity index (χ0n) is 11.7. The molecule has 0 unspecified atom stereocenters. The number of hydrogen-bond acceptors (Lipinski definition) is 2. The molecule has 18 heavy (non-hydrogen) atoms. The lowest BCUT2D eigenvalue weighted by atomic mass is 9.84. The maximum absolute atomic E-state index is 10.2. The summed E-state index contributed by atoms with van der Waals surface area (Å²) in [5, 5.41) is 14.7. The van der Waals surface area contributed by atoms with Crippen molar-refractivity contribution in [2.75, 3.05) is 0 Å². The van der Waals surface area contributed by atoms with Crippen molar-refractivity contribution < 1.29 is 5.11 Å². The van der Waals surface area contributed by atoms with Crippen LogP contribution in [0.4, 0.5) is 0 Å². The summed E-state index contributed by atoms with van der Waals surface area (Å²) in [7, 11) is 1.77. The Balaban J connectivity index is 2.73. The molecule has 0 fully saturated rings. The summed E-state index contributed by atoms with van der Waals surface area (Å²) in [5.41, 5.74) is 3.88. The van der Waals surface area contributed by atoms with Crippen molar-refractivity contribution in [3.8, 4) is 17.1 Å². The number of aromatic nitrogens is 2. The van der Waals surface area contributed by atoms with Crippen LogP contribution in [0.3, 0.4) is 0 Å². The second-order valence-corrected chi connectivity index (χ2v) is 5.74. The van der Waals surface area contributed by atoms with Gasteiger partial charge in [0.1, 0.15) is 5.69 Å². The Morgan fingerprint density at radius 1 is 1.17 bits per heavy atom. The van der Waals surface area contributed by atoms with Gasteiger partial charge in [-0.1, -0.05) is 45.0 Å². The van der Waals surface area contributed by atoms with Crippen molar-refractivity contribution in [2.24, 2.45) is 7.05 Å². The summed E-state index contributed by atoms with van der Waals surface area (Å²) in [6, 6.07) is 8.12. The largest absolute Gasteiger partial charge is 0.493 e. The summed E-state index contributed by atoms with van der Waals surface area (Å²) in [4.78, 5) is 0. The summed E-state index contributed by atoms with van der Waals surface area (Å²) in [5.74, 6) is 0.251. The van der Waals surface area contributed by atoms with Gasteiger partial charge in [0.25, 0.3) is 0 Å². The summed E-state index contributed by atoms with van der Waals surface area (Å²) in [6.07, 6.45) is 0. The summed E-state index contributed by atoms with van der Waals surface area (Å²) in [6.45, 7) is 8.33.